The quantitative estimate of drug-likeness (QED) is 0.468. The van der Waals surface area contributed by atoms with Gasteiger partial charge in [-0.15, -0.1) is 0 Å². The number of carbonyl (C=O) groups is 3. The van der Waals surface area contributed by atoms with Gasteiger partial charge in [0.05, 0.1) is 44.6 Å². The largest absolute Gasteiger partial charge is 0.493 e. The number of rotatable bonds is 7. The molecule has 33 heavy (non-hydrogen) atoms. The maximum atomic E-state index is 13.4. The Hall–Kier alpha value is -4.07. The van der Waals surface area contributed by atoms with Crippen molar-refractivity contribution in [2.24, 2.45) is 0 Å². The molecule has 2 aromatic rings. The van der Waals surface area contributed by atoms with Crippen molar-refractivity contribution >= 4 is 29.6 Å². The molecule has 0 aliphatic carbocycles. The van der Waals surface area contributed by atoms with Crippen molar-refractivity contribution in [3.05, 3.63) is 70.4 Å². The van der Waals surface area contributed by atoms with Crippen LogP contribution in [-0.4, -0.2) is 45.8 Å². The lowest BCUT2D eigenvalue weighted by molar-refractivity contribution is -0.136. The predicted molar refractivity (Wildman–Crippen MR) is 122 cm³/mol. The van der Waals surface area contributed by atoms with E-state index in [-0.39, 0.29) is 11.1 Å². The van der Waals surface area contributed by atoms with Crippen LogP contribution in [0.3, 0.4) is 0 Å². The molecule has 0 bridgehead atoms. The van der Waals surface area contributed by atoms with Gasteiger partial charge in [0.2, 0.25) is 0 Å². The molecule has 0 saturated carbocycles. The summed E-state index contributed by atoms with van der Waals surface area (Å²) in [6, 6.07) is 11.6. The first-order valence-electron chi connectivity index (χ1n) is 10.2. The molecule has 0 saturated heterocycles. The molecule has 8 nitrogen and oxygen atoms in total. The van der Waals surface area contributed by atoms with Crippen LogP contribution in [0.2, 0.25) is 0 Å². The van der Waals surface area contributed by atoms with Crippen molar-refractivity contribution in [1.82, 2.24) is 0 Å². The summed E-state index contributed by atoms with van der Waals surface area (Å²) in [6.07, 6.45) is 1.61. The molecule has 0 aromatic heterocycles. The number of allylic oxidation sites excluding steroid dienone is 1. The zero-order chi connectivity index (χ0) is 24.1. The highest BCUT2D eigenvalue weighted by Gasteiger charge is 2.38. The molecule has 3 rings (SSSR count). The molecule has 0 radical (unpaired) electrons. The Labute approximate surface area is 192 Å². The normalized spacial score (nSPS) is 14.5. The second-order valence-electron chi connectivity index (χ2n) is 7.03. The van der Waals surface area contributed by atoms with Crippen LogP contribution in [0, 0.1) is 0 Å². The van der Waals surface area contributed by atoms with E-state index < -0.39 is 17.8 Å². The smallest absolute Gasteiger partial charge is 0.340 e. The van der Waals surface area contributed by atoms with E-state index in [0.29, 0.717) is 40.6 Å². The van der Waals surface area contributed by atoms with Crippen molar-refractivity contribution in [2.45, 2.75) is 13.8 Å². The molecule has 172 valence electrons. The first-order valence-corrected chi connectivity index (χ1v) is 10.2. The van der Waals surface area contributed by atoms with Gasteiger partial charge in [0.15, 0.2) is 11.5 Å². The molecular formula is C25H25NO7. The Kier molecular flexibility index (Phi) is 7.17. The Balaban J connectivity index is 2.06. The van der Waals surface area contributed by atoms with Gasteiger partial charge >= 0.3 is 11.9 Å². The average molecular weight is 451 g/mol. The number of esters is 2. The maximum absolute atomic E-state index is 13.4. The highest BCUT2D eigenvalue weighted by atomic mass is 16.5. The number of methoxy groups -OCH3 is 3. The minimum absolute atomic E-state index is 0.160. The highest BCUT2D eigenvalue weighted by Crippen LogP contribution is 2.36. The van der Waals surface area contributed by atoms with Crippen molar-refractivity contribution in [3.63, 3.8) is 0 Å². The van der Waals surface area contributed by atoms with E-state index in [0.717, 1.165) is 0 Å². The lowest BCUT2D eigenvalue weighted by atomic mass is 10.0. The van der Waals surface area contributed by atoms with Gasteiger partial charge in [-0.3, -0.25) is 9.69 Å². The molecular weight excluding hydrogens is 426 g/mol. The Morgan fingerprint density at radius 3 is 2.18 bits per heavy atom. The zero-order valence-electron chi connectivity index (χ0n) is 19.1. The Morgan fingerprint density at radius 1 is 0.939 bits per heavy atom. The van der Waals surface area contributed by atoms with Crippen LogP contribution in [0.15, 0.2) is 59.3 Å². The van der Waals surface area contributed by atoms with E-state index in [4.69, 9.17) is 18.9 Å². The minimum atomic E-state index is -0.626. The van der Waals surface area contributed by atoms with E-state index in [1.165, 1.54) is 26.2 Å². The third kappa shape index (κ3) is 4.59. The second kappa shape index (κ2) is 10.0. The molecule has 0 N–H and O–H groups in total. The Bertz CT molecular complexity index is 1150. The summed E-state index contributed by atoms with van der Waals surface area (Å²) in [5, 5.41) is 0. The van der Waals surface area contributed by atoms with Crippen molar-refractivity contribution in [1.29, 1.82) is 0 Å². The van der Waals surface area contributed by atoms with Gasteiger partial charge in [0, 0.05) is 11.4 Å². The number of hydrogen-bond acceptors (Lipinski definition) is 7. The summed E-state index contributed by atoms with van der Waals surface area (Å²) in [4.78, 5) is 39.1. The first kappa shape index (κ1) is 23.6. The molecule has 0 atom stereocenters. The average Bonchev–Trinajstić information content (AvgIpc) is 3.08. The van der Waals surface area contributed by atoms with Gasteiger partial charge < -0.3 is 18.9 Å². The van der Waals surface area contributed by atoms with Crippen LogP contribution in [0.4, 0.5) is 5.69 Å². The summed E-state index contributed by atoms with van der Waals surface area (Å²) in [5.74, 6) is -0.425. The maximum Gasteiger partial charge on any atom is 0.340 e. The number of nitrogens with zero attached hydrogens (tertiary/aromatic N) is 1. The van der Waals surface area contributed by atoms with Crippen molar-refractivity contribution in [3.8, 4) is 11.5 Å². The number of amides is 1. The van der Waals surface area contributed by atoms with E-state index in [1.807, 2.05) is 6.92 Å². The molecule has 0 spiro atoms. The van der Waals surface area contributed by atoms with Crippen LogP contribution in [0.25, 0.3) is 6.08 Å². The van der Waals surface area contributed by atoms with E-state index in [1.54, 1.807) is 55.5 Å². The van der Waals surface area contributed by atoms with Gasteiger partial charge in [-0.1, -0.05) is 6.07 Å². The molecule has 0 fully saturated rings. The topological polar surface area (TPSA) is 91.4 Å². The standard InChI is InChI=1S/C25H25NO7/c1-6-33-20-12-7-16(14-21(20)30-3)13-19-22(25(29)32-5)15(2)26(23(19)27)18-10-8-17(9-11-18)24(28)31-4/h7-14H,6H2,1-5H3/b19-13-. The molecule has 1 aliphatic heterocycles. The fourth-order valence-electron chi connectivity index (χ4n) is 3.57. The third-order valence-electron chi connectivity index (χ3n) is 5.13. The number of hydrogen-bond donors (Lipinski definition) is 0. The van der Waals surface area contributed by atoms with Crippen LogP contribution >= 0.6 is 0 Å². The van der Waals surface area contributed by atoms with E-state index in [2.05, 4.69) is 0 Å². The first-order chi connectivity index (χ1) is 15.9. The van der Waals surface area contributed by atoms with Crippen LogP contribution in [-0.2, 0) is 19.1 Å². The molecule has 8 heteroatoms. The van der Waals surface area contributed by atoms with Gasteiger partial charge in [0.25, 0.3) is 5.91 Å². The summed E-state index contributed by atoms with van der Waals surface area (Å²) in [7, 11) is 4.08. The molecule has 0 unspecified atom stereocenters. The predicted octanol–water partition coefficient (Wildman–Crippen LogP) is 3.76. The van der Waals surface area contributed by atoms with Gasteiger partial charge in [0.1, 0.15) is 0 Å². The van der Waals surface area contributed by atoms with E-state index >= 15 is 0 Å². The summed E-state index contributed by atoms with van der Waals surface area (Å²) < 4.78 is 20.6. The number of anilines is 1. The number of ether oxygens (including phenoxy) is 4. The van der Waals surface area contributed by atoms with Gasteiger partial charge in [-0.25, -0.2) is 9.59 Å². The zero-order valence-corrected chi connectivity index (χ0v) is 19.1. The molecule has 2 aromatic carbocycles. The lowest BCUT2D eigenvalue weighted by Gasteiger charge is -2.18. The fourth-order valence-corrected chi connectivity index (χ4v) is 3.57. The molecule has 1 heterocycles. The monoisotopic (exact) mass is 451 g/mol. The Morgan fingerprint density at radius 2 is 1.61 bits per heavy atom. The van der Waals surface area contributed by atoms with E-state index in [9.17, 15) is 14.4 Å². The highest BCUT2D eigenvalue weighted by molar-refractivity contribution is 6.23. The number of carbonyl (C=O) groups excluding carboxylic acids is 3. The van der Waals surface area contributed by atoms with Crippen LogP contribution in [0.1, 0.15) is 29.8 Å². The molecule has 1 amide bonds. The summed E-state index contributed by atoms with van der Waals surface area (Å²) in [5.41, 5.74) is 2.26. The third-order valence-corrected chi connectivity index (χ3v) is 5.13. The minimum Gasteiger partial charge on any atom is -0.493 e. The lowest BCUT2D eigenvalue weighted by Crippen LogP contribution is -2.24. The molecule has 1 aliphatic rings. The summed E-state index contributed by atoms with van der Waals surface area (Å²) >= 11 is 0. The summed E-state index contributed by atoms with van der Waals surface area (Å²) in [6.45, 7) is 4.01. The van der Waals surface area contributed by atoms with Crippen molar-refractivity contribution < 1.29 is 33.3 Å². The van der Waals surface area contributed by atoms with Gasteiger partial charge in [-0.2, -0.15) is 0 Å². The SMILES string of the molecule is CCOc1ccc(/C=C2\C(=O)N(c3ccc(C(=O)OC)cc3)C(C)=C2C(=O)OC)cc1OC. The van der Waals surface area contributed by atoms with Gasteiger partial charge in [-0.05, 0) is 61.9 Å². The fraction of sp³-hybridized carbons (Fsp3) is 0.240. The van der Waals surface area contributed by atoms with Crippen LogP contribution < -0.4 is 14.4 Å². The van der Waals surface area contributed by atoms with Crippen LogP contribution in [0.5, 0.6) is 11.5 Å². The van der Waals surface area contributed by atoms with Crippen molar-refractivity contribution in [2.75, 3.05) is 32.8 Å². The second-order valence-corrected chi connectivity index (χ2v) is 7.03. The number of benzene rings is 2.